The van der Waals surface area contributed by atoms with E-state index in [0.717, 1.165) is 18.2 Å². The molecule has 1 aromatic rings. The summed E-state index contributed by atoms with van der Waals surface area (Å²) in [5.74, 6) is -2.40. The van der Waals surface area contributed by atoms with Crippen molar-refractivity contribution in [2.45, 2.75) is 26.3 Å². The summed E-state index contributed by atoms with van der Waals surface area (Å²) in [6.07, 6.45) is -0.197. The fourth-order valence-electron chi connectivity index (χ4n) is 3.52. The van der Waals surface area contributed by atoms with Crippen LogP contribution in [0.1, 0.15) is 17.5 Å². The predicted octanol–water partition coefficient (Wildman–Crippen LogP) is 0.442. The maximum absolute atomic E-state index is 12.9. The van der Waals surface area contributed by atoms with Gasteiger partial charge in [0.15, 0.2) is 5.78 Å². The van der Waals surface area contributed by atoms with Crippen molar-refractivity contribution in [3.63, 3.8) is 0 Å². The van der Waals surface area contributed by atoms with E-state index < -0.39 is 29.6 Å². The highest BCUT2D eigenvalue weighted by molar-refractivity contribution is 6.24. The number of fused-ring (bicyclic) bond motifs is 1. The standard InChI is InChI=1S/C19H21N3O5/c1-10-6-11(2)8-12(7-10)21-17(24)13-9-14(23)15(19(26)27-3)16-18(25)20-4-5-22(13)16/h6-8,13H,4-5,9H2,1-3H3,(H,20,25)(H,21,24). The number of Topliss-reactive ketones (excluding diaryl/α,β-unsaturated/α-hetero) is 1. The monoisotopic (exact) mass is 371 g/mol. The van der Waals surface area contributed by atoms with Crippen LogP contribution in [0.3, 0.4) is 0 Å². The van der Waals surface area contributed by atoms with Crippen LogP contribution in [-0.2, 0) is 23.9 Å². The van der Waals surface area contributed by atoms with Gasteiger partial charge in [-0.25, -0.2) is 4.79 Å². The second-order valence-corrected chi connectivity index (χ2v) is 6.67. The number of carbonyl (C=O) groups is 4. The first-order valence-electron chi connectivity index (χ1n) is 8.61. The summed E-state index contributed by atoms with van der Waals surface area (Å²) >= 11 is 0. The molecule has 0 bridgehead atoms. The third-order valence-electron chi connectivity index (χ3n) is 4.59. The van der Waals surface area contributed by atoms with Gasteiger partial charge in [-0.3, -0.25) is 14.4 Å². The highest BCUT2D eigenvalue weighted by Gasteiger charge is 2.44. The van der Waals surface area contributed by atoms with Gasteiger partial charge in [0.1, 0.15) is 17.3 Å². The fourth-order valence-corrected chi connectivity index (χ4v) is 3.52. The molecule has 8 heteroatoms. The molecule has 3 rings (SSSR count). The Morgan fingerprint density at radius 2 is 1.85 bits per heavy atom. The molecule has 0 spiro atoms. The summed E-state index contributed by atoms with van der Waals surface area (Å²) in [4.78, 5) is 51.2. The summed E-state index contributed by atoms with van der Waals surface area (Å²) in [5, 5.41) is 5.42. The van der Waals surface area contributed by atoms with Gasteiger partial charge in [-0.05, 0) is 37.1 Å². The number of aryl methyl sites for hydroxylation is 2. The lowest BCUT2D eigenvalue weighted by Crippen LogP contribution is -2.57. The van der Waals surface area contributed by atoms with Crippen LogP contribution in [0.5, 0.6) is 0 Å². The molecule has 1 aromatic carbocycles. The van der Waals surface area contributed by atoms with E-state index in [4.69, 9.17) is 0 Å². The molecule has 1 saturated heterocycles. The average molecular weight is 371 g/mol. The number of nitrogens with zero attached hydrogens (tertiary/aromatic N) is 1. The molecule has 2 amide bonds. The van der Waals surface area contributed by atoms with Gasteiger partial charge in [-0.15, -0.1) is 0 Å². The van der Waals surface area contributed by atoms with Crippen molar-refractivity contribution in [2.75, 3.05) is 25.5 Å². The Labute approximate surface area is 156 Å². The maximum Gasteiger partial charge on any atom is 0.343 e. The van der Waals surface area contributed by atoms with Crippen molar-refractivity contribution in [1.29, 1.82) is 0 Å². The number of amides is 2. The van der Waals surface area contributed by atoms with Crippen LogP contribution in [0, 0.1) is 13.8 Å². The third-order valence-corrected chi connectivity index (χ3v) is 4.59. The van der Waals surface area contributed by atoms with Crippen molar-refractivity contribution >= 4 is 29.3 Å². The van der Waals surface area contributed by atoms with E-state index in [1.165, 1.54) is 4.90 Å². The number of piperazine rings is 1. The van der Waals surface area contributed by atoms with Gasteiger partial charge >= 0.3 is 5.97 Å². The largest absolute Gasteiger partial charge is 0.465 e. The number of methoxy groups -OCH3 is 1. The van der Waals surface area contributed by atoms with Crippen LogP contribution in [0.25, 0.3) is 0 Å². The van der Waals surface area contributed by atoms with Gasteiger partial charge < -0.3 is 20.3 Å². The number of ether oxygens (including phenoxy) is 1. The van der Waals surface area contributed by atoms with E-state index in [2.05, 4.69) is 15.4 Å². The molecule has 0 aliphatic carbocycles. The molecule has 2 aliphatic rings. The summed E-state index contributed by atoms with van der Waals surface area (Å²) in [7, 11) is 1.15. The molecule has 2 N–H and O–H groups in total. The molecule has 142 valence electrons. The average Bonchev–Trinajstić information content (AvgIpc) is 2.60. The highest BCUT2D eigenvalue weighted by Crippen LogP contribution is 2.28. The maximum atomic E-state index is 12.9. The Hall–Kier alpha value is -3.16. The summed E-state index contributed by atoms with van der Waals surface area (Å²) in [6.45, 7) is 4.48. The van der Waals surface area contributed by atoms with Gasteiger partial charge in [0.25, 0.3) is 5.91 Å². The van der Waals surface area contributed by atoms with Gasteiger partial charge in [-0.2, -0.15) is 0 Å². The lowest BCUT2D eigenvalue weighted by molar-refractivity contribution is -0.141. The highest BCUT2D eigenvalue weighted by atomic mass is 16.5. The molecular weight excluding hydrogens is 350 g/mol. The van der Waals surface area contributed by atoms with Crippen LogP contribution in [0.15, 0.2) is 29.5 Å². The molecule has 1 unspecified atom stereocenters. The number of ketones is 1. The van der Waals surface area contributed by atoms with E-state index in [9.17, 15) is 19.2 Å². The number of esters is 1. The zero-order chi connectivity index (χ0) is 19.7. The third kappa shape index (κ3) is 3.55. The number of nitrogens with one attached hydrogen (secondary N) is 2. The summed E-state index contributed by atoms with van der Waals surface area (Å²) < 4.78 is 4.65. The quantitative estimate of drug-likeness (QED) is 0.590. The van der Waals surface area contributed by atoms with Gasteiger partial charge in [-0.1, -0.05) is 6.07 Å². The normalized spacial score (nSPS) is 19.4. The number of benzene rings is 1. The first-order valence-corrected chi connectivity index (χ1v) is 8.61. The fraction of sp³-hybridized carbons (Fsp3) is 0.368. The van der Waals surface area contributed by atoms with E-state index in [1.54, 1.807) is 0 Å². The van der Waals surface area contributed by atoms with Crippen molar-refractivity contribution < 1.29 is 23.9 Å². The second-order valence-electron chi connectivity index (χ2n) is 6.67. The van der Waals surface area contributed by atoms with Crippen LogP contribution in [0.4, 0.5) is 5.69 Å². The number of hydrogen-bond donors (Lipinski definition) is 2. The number of anilines is 1. The zero-order valence-corrected chi connectivity index (χ0v) is 15.4. The van der Waals surface area contributed by atoms with Crippen LogP contribution < -0.4 is 10.6 Å². The van der Waals surface area contributed by atoms with Crippen molar-refractivity contribution in [3.8, 4) is 0 Å². The van der Waals surface area contributed by atoms with Gasteiger partial charge in [0.05, 0.1) is 7.11 Å². The molecular formula is C19H21N3O5. The molecule has 8 nitrogen and oxygen atoms in total. The molecule has 0 radical (unpaired) electrons. The molecule has 1 fully saturated rings. The molecule has 2 aliphatic heterocycles. The van der Waals surface area contributed by atoms with Crippen molar-refractivity contribution in [3.05, 3.63) is 40.6 Å². The minimum absolute atomic E-state index is 0.0927. The van der Waals surface area contributed by atoms with E-state index >= 15 is 0 Å². The van der Waals surface area contributed by atoms with Crippen LogP contribution in [-0.4, -0.2) is 54.7 Å². The SMILES string of the molecule is COC(=O)C1=C2C(=O)NCCN2C(C(=O)Nc2cc(C)cc(C)c2)CC1=O. The zero-order valence-electron chi connectivity index (χ0n) is 15.4. The Balaban J connectivity index is 1.94. The lowest BCUT2D eigenvalue weighted by Gasteiger charge is -2.40. The van der Waals surface area contributed by atoms with Crippen LogP contribution in [0.2, 0.25) is 0 Å². The van der Waals surface area contributed by atoms with Gasteiger partial charge in [0, 0.05) is 25.2 Å². The molecule has 0 saturated carbocycles. The minimum atomic E-state index is -0.870. The summed E-state index contributed by atoms with van der Waals surface area (Å²) in [6, 6.07) is 4.77. The van der Waals surface area contributed by atoms with Crippen molar-refractivity contribution in [2.24, 2.45) is 0 Å². The Bertz CT molecular complexity index is 854. The molecule has 1 atom stereocenters. The van der Waals surface area contributed by atoms with E-state index in [0.29, 0.717) is 18.8 Å². The molecule has 27 heavy (non-hydrogen) atoms. The van der Waals surface area contributed by atoms with E-state index in [-0.39, 0.29) is 17.7 Å². The first-order chi connectivity index (χ1) is 12.8. The lowest BCUT2D eigenvalue weighted by atomic mass is 9.92. The van der Waals surface area contributed by atoms with Gasteiger partial charge in [0.2, 0.25) is 5.91 Å². The van der Waals surface area contributed by atoms with E-state index in [1.807, 2.05) is 32.0 Å². The number of carbonyl (C=O) groups excluding carboxylic acids is 4. The Morgan fingerprint density at radius 3 is 2.48 bits per heavy atom. The Morgan fingerprint density at radius 1 is 1.19 bits per heavy atom. The molecule has 2 heterocycles. The number of hydrogen-bond acceptors (Lipinski definition) is 6. The first kappa shape index (κ1) is 18.6. The van der Waals surface area contributed by atoms with Crippen LogP contribution >= 0.6 is 0 Å². The second kappa shape index (κ2) is 7.22. The minimum Gasteiger partial charge on any atom is -0.465 e. The predicted molar refractivity (Wildman–Crippen MR) is 96.7 cm³/mol. The smallest absolute Gasteiger partial charge is 0.343 e. The number of rotatable bonds is 3. The Kier molecular flexibility index (Phi) is 4.98. The molecule has 0 aromatic heterocycles. The topological polar surface area (TPSA) is 105 Å². The summed E-state index contributed by atoms with van der Waals surface area (Å²) in [5.41, 5.74) is 2.22. The van der Waals surface area contributed by atoms with Crippen molar-refractivity contribution in [1.82, 2.24) is 10.2 Å².